The van der Waals surface area contributed by atoms with Crippen molar-refractivity contribution in [2.45, 2.75) is 5.33 Å². The lowest BCUT2D eigenvalue weighted by atomic mass is 10.1. The van der Waals surface area contributed by atoms with E-state index in [2.05, 4.69) is 34.1 Å². The van der Waals surface area contributed by atoms with Crippen LogP contribution in [-0.4, -0.2) is 6.61 Å². The first kappa shape index (κ1) is 7.87. The van der Waals surface area contributed by atoms with E-state index in [1.165, 1.54) is 11.1 Å². The zero-order chi connectivity index (χ0) is 8.39. The Labute approximate surface area is 80.2 Å². The fourth-order valence-corrected chi connectivity index (χ4v) is 1.60. The van der Waals surface area contributed by atoms with Gasteiger partial charge in [-0.15, -0.1) is 0 Å². The van der Waals surface area contributed by atoms with Crippen molar-refractivity contribution in [3.05, 3.63) is 35.4 Å². The van der Waals surface area contributed by atoms with Crippen LogP contribution in [0.15, 0.2) is 24.3 Å². The standard InChI is InChI=1S/C10H9BrO/c11-7-8-3-4-10-9(6-8)2-1-5-12-10/h1-4,6H,5,7H2. The van der Waals surface area contributed by atoms with Crippen molar-refractivity contribution in [2.24, 2.45) is 0 Å². The highest BCUT2D eigenvalue weighted by molar-refractivity contribution is 9.08. The molecule has 2 heteroatoms. The minimum Gasteiger partial charge on any atom is -0.489 e. The molecule has 0 spiro atoms. The molecular formula is C10H9BrO. The van der Waals surface area contributed by atoms with Gasteiger partial charge in [-0.1, -0.05) is 28.1 Å². The lowest BCUT2D eigenvalue weighted by Crippen LogP contribution is -2.00. The molecule has 1 heterocycles. The van der Waals surface area contributed by atoms with Gasteiger partial charge < -0.3 is 4.74 Å². The van der Waals surface area contributed by atoms with E-state index >= 15 is 0 Å². The normalized spacial score (nSPS) is 13.8. The van der Waals surface area contributed by atoms with Gasteiger partial charge in [0.1, 0.15) is 12.4 Å². The van der Waals surface area contributed by atoms with Crippen molar-refractivity contribution in [1.82, 2.24) is 0 Å². The minimum absolute atomic E-state index is 0.695. The fraction of sp³-hybridized carbons (Fsp3) is 0.200. The van der Waals surface area contributed by atoms with Gasteiger partial charge in [-0.2, -0.15) is 0 Å². The Balaban J connectivity index is 2.44. The van der Waals surface area contributed by atoms with Crippen LogP contribution in [0, 0.1) is 0 Å². The molecular weight excluding hydrogens is 216 g/mol. The molecule has 0 bridgehead atoms. The van der Waals surface area contributed by atoms with Crippen molar-refractivity contribution in [2.75, 3.05) is 6.61 Å². The SMILES string of the molecule is BrCc1ccc2c(c1)C=CCO2. The Morgan fingerprint density at radius 1 is 1.42 bits per heavy atom. The molecule has 0 N–H and O–H groups in total. The molecule has 0 saturated heterocycles. The summed E-state index contributed by atoms with van der Waals surface area (Å²) in [5.41, 5.74) is 2.46. The fourth-order valence-electron chi connectivity index (χ4n) is 1.26. The Kier molecular flexibility index (Phi) is 2.17. The summed E-state index contributed by atoms with van der Waals surface area (Å²) in [5, 5.41) is 0.897. The maximum Gasteiger partial charge on any atom is 0.127 e. The molecule has 0 radical (unpaired) electrons. The molecule has 1 aromatic rings. The molecule has 12 heavy (non-hydrogen) atoms. The van der Waals surface area contributed by atoms with E-state index in [-0.39, 0.29) is 0 Å². The van der Waals surface area contributed by atoms with E-state index in [0.717, 1.165) is 11.1 Å². The molecule has 1 aliphatic heterocycles. The molecule has 0 amide bonds. The molecule has 0 unspecified atom stereocenters. The zero-order valence-corrected chi connectivity index (χ0v) is 8.17. The molecule has 0 fully saturated rings. The maximum atomic E-state index is 5.42. The average Bonchev–Trinajstić information content (AvgIpc) is 2.17. The van der Waals surface area contributed by atoms with Gasteiger partial charge in [0.15, 0.2) is 0 Å². The van der Waals surface area contributed by atoms with Crippen LogP contribution in [0.25, 0.3) is 6.08 Å². The molecule has 0 saturated carbocycles. The monoisotopic (exact) mass is 224 g/mol. The van der Waals surface area contributed by atoms with Gasteiger partial charge in [0.05, 0.1) is 0 Å². The van der Waals surface area contributed by atoms with E-state index in [1.807, 2.05) is 12.1 Å². The summed E-state index contributed by atoms with van der Waals surface area (Å²) >= 11 is 3.42. The summed E-state index contributed by atoms with van der Waals surface area (Å²) in [6.45, 7) is 0.695. The highest BCUT2D eigenvalue weighted by atomic mass is 79.9. The Hall–Kier alpha value is -0.760. The van der Waals surface area contributed by atoms with Crippen LogP contribution in [0.2, 0.25) is 0 Å². The summed E-state index contributed by atoms with van der Waals surface area (Å²) in [5.74, 6) is 0.988. The van der Waals surface area contributed by atoms with E-state index in [9.17, 15) is 0 Å². The van der Waals surface area contributed by atoms with E-state index in [4.69, 9.17) is 4.74 Å². The third kappa shape index (κ3) is 1.39. The van der Waals surface area contributed by atoms with E-state index < -0.39 is 0 Å². The number of hydrogen-bond acceptors (Lipinski definition) is 1. The first-order valence-corrected chi connectivity index (χ1v) is 5.00. The van der Waals surface area contributed by atoms with Crippen molar-refractivity contribution >= 4 is 22.0 Å². The summed E-state index contributed by atoms with van der Waals surface area (Å²) in [6.07, 6.45) is 4.13. The summed E-state index contributed by atoms with van der Waals surface area (Å²) < 4.78 is 5.42. The third-order valence-electron chi connectivity index (χ3n) is 1.86. The summed E-state index contributed by atoms with van der Waals surface area (Å²) in [6, 6.07) is 6.24. The van der Waals surface area contributed by atoms with Gasteiger partial charge in [-0.25, -0.2) is 0 Å². The number of alkyl halides is 1. The summed E-state index contributed by atoms with van der Waals surface area (Å²) in [4.78, 5) is 0. The maximum absolute atomic E-state index is 5.42. The Morgan fingerprint density at radius 3 is 3.17 bits per heavy atom. The molecule has 0 aromatic heterocycles. The first-order chi connectivity index (χ1) is 5.90. The molecule has 1 aromatic carbocycles. The van der Waals surface area contributed by atoms with Crippen molar-refractivity contribution in [3.63, 3.8) is 0 Å². The van der Waals surface area contributed by atoms with E-state index in [0.29, 0.717) is 6.61 Å². The van der Waals surface area contributed by atoms with Crippen LogP contribution in [0.4, 0.5) is 0 Å². The van der Waals surface area contributed by atoms with Gasteiger partial charge >= 0.3 is 0 Å². The second kappa shape index (κ2) is 3.31. The topological polar surface area (TPSA) is 9.23 Å². The lowest BCUT2D eigenvalue weighted by molar-refractivity contribution is 0.358. The number of halogens is 1. The van der Waals surface area contributed by atoms with Crippen molar-refractivity contribution in [3.8, 4) is 5.75 Å². The molecule has 2 rings (SSSR count). The number of hydrogen-bond donors (Lipinski definition) is 0. The molecule has 62 valence electrons. The van der Waals surface area contributed by atoms with Gasteiger partial charge in [0.2, 0.25) is 0 Å². The molecule has 1 nitrogen and oxygen atoms in total. The van der Waals surface area contributed by atoms with Crippen LogP contribution in [0.3, 0.4) is 0 Å². The number of benzene rings is 1. The molecule has 1 aliphatic rings. The van der Waals surface area contributed by atoms with Crippen molar-refractivity contribution < 1.29 is 4.74 Å². The van der Waals surface area contributed by atoms with Crippen LogP contribution in [-0.2, 0) is 5.33 Å². The zero-order valence-electron chi connectivity index (χ0n) is 6.59. The Bertz CT molecular complexity index is 318. The highest BCUT2D eigenvalue weighted by Crippen LogP contribution is 2.25. The highest BCUT2D eigenvalue weighted by Gasteiger charge is 2.04. The predicted molar refractivity (Wildman–Crippen MR) is 53.6 cm³/mol. The lowest BCUT2D eigenvalue weighted by Gasteiger charge is -2.12. The number of fused-ring (bicyclic) bond motifs is 1. The second-order valence-electron chi connectivity index (χ2n) is 2.72. The van der Waals surface area contributed by atoms with Crippen LogP contribution in [0.5, 0.6) is 5.75 Å². The minimum atomic E-state index is 0.695. The molecule has 0 aliphatic carbocycles. The first-order valence-electron chi connectivity index (χ1n) is 3.88. The Morgan fingerprint density at radius 2 is 2.33 bits per heavy atom. The van der Waals surface area contributed by atoms with Crippen molar-refractivity contribution in [1.29, 1.82) is 0 Å². The van der Waals surface area contributed by atoms with Gasteiger partial charge in [-0.3, -0.25) is 0 Å². The van der Waals surface area contributed by atoms with Gasteiger partial charge in [0, 0.05) is 10.9 Å². The number of rotatable bonds is 1. The van der Waals surface area contributed by atoms with Gasteiger partial charge in [0.25, 0.3) is 0 Å². The second-order valence-corrected chi connectivity index (χ2v) is 3.28. The van der Waals surface area contributed by atoms with Crippen LogP contribution in [0.1, 0.15) is 11.1 Å². The van der Waals surface area contributed by atoms with E-state index in [1.54, 1.807) is 0 Å². The van der Waals surface area contributed by atoms with Crippen LogP contribution >= 0.6 is 15.9 Å². The largest absolute Gasteiger partial charge is 0.489 e. The van der Waals surface area contributed by atoms with Crippen LogP contribution < -0.4 is 4.74 Å². The molecule has 0 atom stereocenters. The quantitative estimate of drug-likeness (QED) is 0.667. The predicted octanol–water partition coefficient (Wildman–Crippen LogP) is 2.99. The average molecular weight is 225 g/mol. The smallest absolute Gasteiger partial charge is 0.127 e. The number of ether oxygens (including phenoxy) is 1. The summed E-state index contributed by atoms with van der Waals surface area (Å²) in [7, 11) is 0. The third-order valence-corrected chi connectivity index (χ3v) is 2.51. The van der Waals surface area contributed by atoms with Gasteiger partial charge in [-0.05, 0) is 23.8 Å².